The molecule has 2 rings (SSSR count). The smallest absolute Gasteiger partial charge is 0.245 e. The summed E-state index contributed by atoms with van der Waals surface area (Å²) < 4.78 is 5.38. The van der Waals surface area contributed by atoms with E-state index in [1.807, 2.05) is 13.8 Å². The van der Waals surface area contributed by atoms with Crippen LogP contribution in [-0.2, 0) is 14.3 Å². The Labute approximate surface area is 120 Å². The van der Waals surface area contributed by atoms with Crippen LogP contribution in [0, 0.1) is 5.41 Å². The maximum atomic E-state index is 12.7. The minimum Gasteiger partial charge on any atom is -0.377 e. The van der Waals surface area contributed by atoms with Crippen LogP contribution in [0.3, 0.4) is 0 Å². The van der Waals surface area contributed by atoms with E-state index in [0.717, 1.165) is 19.3 Å². The van der Waals surface area contributed by atoms with Gasteiger partial charge in [0.05, 0.1) is 18.6 Å². The van der Waals surface area contributed by atoms with Gasteiger partial charge in [-0.3, -0.25) is 9.59 Å². The summed E-state index contributed by atoms with van der Waals surface area (Å²) in [6.45, 7) is 5.39. The third-order valence-electron chi connectivity index (χ3n) is 4.28. The number of hydrogen-bond donors (Lipinski definition) is 2. The van der Waals surface area contributed by atoms with Gasteiger partial charge in [-0.2, -0.15) is 0 Å². The molecule has 20 heavy (non-hydrogen) atoms. The van der Waals surface area contributed by atoms with E-state index in [2.05, 4.69) is 5.32 Å². The van der Waals surface area contributed by atoms with Gasteiger partial charge in [-0.05, 0) is 26.7 Å². The number of hydrogen-bond acceptors (Lipinski definition) is 4. The highest BCUT2D eigenvalue weighted by molar-refractivity contribution is 5.91. The molecule has 0 aromatic carbocycles. The molecule has 1 saturated carbocycles. The molecule has 2 aliphatic rings. The first-order valence-electron chi connectivity index (χ1n) is 7.39. The zero-order valence-electron chi connectivity index (χ0n) is 12.4. The van der Waals surface area contributed by atoms with Crippen molar-refractivity contribution < 1.29 is 14.3 Å². The summed E-state index contributed by atoms with van der Waals surface area (Å²) in [5, 5.41) is 2.86. The van der Waals surface area contributed by atoms with E-state index in [1.54, 1.807) is 4.90 Å². The SMILES string of the molecule is CC(C)NC(=O)C1COCCN1C(=O)C1(CN)CCC1. The zero-order valence-corrected chi connectivity index (χ0v) is 12.4. The van der Waals surface area contributed by atoms with Gasteiger partial charge in [0, 0.05) is 19.1 Å². The van der Waals surface area contributed by atoms with Crippen LogP contribution in [0.4, 0.5) is 0 Å². The van der Waals surface area contributed by atoms with Gasteiger partial charge in [0.25, 0.3) is 0 Å². The summed E-state index contributed by atoms with van der Waals surface area (Å²) in [7, 11) is 0. The highest BCUT2D eigenvalue weighted by atomic mass is 16.5. The minimum atomic E-state index is -0.525. The molecule has 1 atom stereocenters. The predicted molar refractivity (Wildman–Crippen MR) is 74.9 cm³/mol. The van der Waals surface area contributed by atoms with Gasteiger partial charge in [0.15, 0.2) is 0 Å². The molecule has 1 aliphatic carbocycles. The van der Waals surface area contributed by atoms with Gasteiger partial charge in [0.2, 0.25) is 11.8 Å². The molecular weight excluding hydrogens is 258 g/mol. The van der Waals surface area contributed by atoms with E-state index in [-0.39, 0.29) is 24.5 Å². The molecule has 6 nitrogen and oxygen atoms in total. The van der Waals surface area contributed by atoms with Crippen LogP contribution in [-0.4, -0.2) is 55.1 Å². The zero-order chi connectivity index (χ0) is 14.8. The maximum absolute atomic E-state index is 12.7. The Hall–Kier alpha value is -1.14. The number of carbonyl (C=O) groups is 2. The molecule has 114 valence electrons. The second kappa shape index (κ2) is 6.10. The number of nitrogens with two attached hydrogens (primary N) is 1. The molecule has 0 aromatic heterocycles. The number of amides is 2. The number of ether oxygens (including phenoxy) is 1. The van der Waals surface area contributed by atoms with Gasteiger partial charge >= 0.3 is 0 Å². The van der Waals surface area contributed by atoms with E-state index in [0.29, 0.717) is 19.7 Å². The van der Waals surface area contributed by atoms with Crippen molar-refractivity contribution in [3.63, 3.8) is 0 Å². The van der Waals surface area contributed by atoms with Gasteiger partial charge in [0.1, 0.15) is 6.04 Å². The average Bonchev–Trinajstić information content (AvgIpc) is 2.37. The maximum Gasteiger partial charge on any atom is 0.245 e. The Bertz CT molecular complexity index is 374. The highest BCUT2D eigenvalue weighted by Crippen LogP contribution is 2.42. The molecule has 6 heteroatoms. The van der Waals surface area contributed by atoms with E-state index >= 15 is 0 Å². The lowest BCUT2D eigenvalue weighted by Crippen LogP contribution is -2.62. The van der Waals surface area contributed by atoms with Gasteiger partial charge in [-0.1, -0.05) is 6.42 Å². The fourth-order valence-corrected chi connectivity index (χ4v) is 2.86. The van der Waals surface area contributed by atoms with E-state index in [9.17, 15) is 9.59 Å². The highest BCUT2D eigenvalue weighted by Gasteiger charge is 2.48. The van der Waals surface area contributed by atoms with Crippen LogP contribution in [0.25, 0.3) is 0 Å². The van der Waals surface area contributed by atoms with Crippen molar-refractivity contribution >= 4 is 11.8 Å². The van der Waals surface area contributed by atoms with Crippen molar-refractivity contribution in [2.75, 3.05) is 26.3 Å². The quantitative estimate of drug-likeness (QED) is 0.752. The lowest BCUT2D eigenvalue weighted by Gasteiger charge is -2.45. The Balaban J connectivity index is 2.10. The molecule has 3 N–H and O–H groups in total. The molecule has 1 unspecified atom stereocenters. The number of rotatable bonds is 4. The third kappa shape index (κ3) is 2.81. The summed E-state index contributed by atoms with van der Waals surface area (Å²) >= 11 is 0. The van der Waals surface area contributed by atoms with E-state index in [1.165, 1.54) is 0 Å². The molecule has 0 radical (unpaired) electrons. The Kier molecular flexibility index (Phi) is 4.65. The summed E-state index contributed by atoms with van der Waals surface area (Å²) in [6, 6.07) is -0.476. The molecule has 0 spiro atoms. The van der Waals surface area contributed by atoms with Crippen molar-refractivity contribution in [1.29, 1.82) is 0 Å². The summed E-state index contributed by atoms with van der Waals surface area (Å²) in [6.07, 6.45) is 2.70. The first-order chi connectivity index (χ1) is 9.50. The fraction of sp³-hybridized carbons (Fsp3) is 0.857. The number of carbonyl (C=O) groups excluding carboxylic acids is 2. The molecular formula is C14H25N3O3. The Morgan fingerprint density at radius 3 is 2.65 bits per heavy atom. The van der Waals surface area contributed by atoms with Crippen molar-refractivity contribution in [3.05, 3.63) is 0 Å². The number of morpholine rings is 1. The van der Waals surface area contributed by atoms with Crippen LogP contribution >= 0.6 is 0 Å². The first-order valence-corrected chi connectivity index (χ1v) is 7.39. The van der Waals surface area contributed by atoms with Crippen molar-refractivity contribution in [3.8, 4) is 0 Å². The van der Waals surface area contributed by atoms with Crippen LogP contribution < -0.4 is 11.1 Å². The number of nitrogens with one attached hydrogen (secondary N) is 1. The van der Waals surface area contributed by atoms with Crippen LogP contribution in [0.2, 0.25) is 0 Å². The van der Waals surface area contributed by atoms with Gasteiger partial charge in [-0.15, -0.1) is 0 Å². The van der Waals surface area contributed by atoms with Crippen molar-refractivity contribution in [2.45, 2.75) is 45.2 Å². The van der Waals surface area contributed by atoms with Crippen molar-refractivity contribution in [1.82, 2.24) is 10.2 Å². The Morgan fingerprint density at radius 1 is 1.45 bits per heavy atom. The molecule has 0 bridgehead atoms. The normalized spacial score (nSPS) is 25.2. The molecule has 1 aliphatic heterocycles. The van der Waals surface area contributed by atoms with E-state index < -0.39 is 11.5 Å². The van der Waals surface area contributed by atoms with E-state index in [4.69, 9.17) is 10.5 Å². The van der Waals surface area contributed by atoms with Crippen LogP contribution in [0.15, 0.2) is 0 Å². The fourth-order valence-electron chi connectivity index (χ4n) is 2.86. The second-order valence-electron chi connectivity index (χ2n) is 6.09. The number of nitrogens with zero attached hydrogens (tertiary/aromatic N) is 1. The molecule has 0 aromatic rings. The van der Waals surface area contributed by atoms with Gasteiger partial charge < -0.3 is 20.7 Å². The first kappa shape index (κ1) is 15.3. The largest absolute Gasteiger partial charge is 0.377 e. The minimum absolute atomic E-state index is 0.0263. The summed E-state index contributed by atoms with van der Waals surface area (Å²) in [5.41, 5.74) is 5.36. The third-order valence-corrected chi connectivity index (χ3v) is 4.28. The summed E-state index contributed by atoms with van der Waals surface area (Å²) in [5.74, 6) is -0.113. The standard InChI is InChI=1S/C14H25N3O3/c1-10(2)16-12(18)11-8-20-7-6-17(11)13(19)14(9-15)4-3-5-14/h10-11H,3-9,15H2,1-2H3,(H,16,18). The topological polar surface area (TPSA) is 84.7 Å². The van der Waals surface area contributed by atoms with Gasteiger partial charge in [-0.25, -0.2) is 0 Å². The van der Waals surface area contributed by atoms with Crippen LogP contribution in [0.5, 0.6) is 0 Å². The molecule has 1 heterocycles. The van der Waals surface area contributed by atoms with Crippen LogP contribution in [0.1, 0.15) is 33.1 Å². The lowest BCUT2D eigenvalue weighted by molar-refractivity contribution is -0.160. The monoisotopic (exact) mass is 283 g/mol. The summed E-state index contributed by atoms with van der Waals surface area (Å²) in [4.78, 5) is 26.6. The Morgan fingerprint density at radius 2 is 2.15 bits per heavy atom. The second-order valence-corrected chi connectivity index (χ2v) is 6.09. The molecule has 2 amide bonds. The lowest BCUT2D eigenvalue weighted by atomic mass is 9.67. The average molecular weight is 283 g/mol. The van der Waals surface area contributed by atoms with Crippen molar-refractivity contribution in [2.24, 2.45) is 11.1 Å². The molecule has 1 saturated heterocycles. The predicted octanol–water partition coefficient (Wildman–Crippen LogP) is -0.133. The molecule has 2 fully saturated rings.